The van der Waals surface area contributed by atoms with Gasteiger partial charge in [-0.3, -0.25) is 4.79 Å². The fraction of sp³-hybridized carbons (Fsp3) is 0.464. The number of likely N-dealkylation sites (tertiary alicyclic amines) is 2. The van der Waals surface area contributed by atoms with Gasteiger partial charge >= 0.3 is 0 Å². The van der Waals surface area contributed by atoms with Crippen molar-refractivity contribution >= 4 is 17.5 Å². The summed E-state index contributed by atoms with van der Waals surface area (Å²) < 4.78 is 13.6. The molecular formula is C28H35ClFN3O. The molecule has 2 aliphatic rings. The van der Waals surface area contributed by atoms with Crippen LogP contribution in [0.25, 0.3) is 0 Å². The molecule has 4 rings (SSSR count). The van der Waals surface area contributed by atoms with E-state index < -0.39 is 0 Å². The highest BCUT2D eigenvalue weighted by molar-refractivity contribution is 6.30. The maximum atomic E-state index is 13.6. The number of rotatable bonds is 8. The number of halogens is 2. The number of hydrogen-bond donors (Lipinski definition) is 0. The molecule has 0 spiro atoms. The largest absolute Gasteiger partial charge is 0.372 e. The first-order chi connectivity index (χ1) is 16.4. The maximum absolute atomic E-state index is 13.6. The van der Waals surface area contributed by atoms with E-state index >= 15 is 0 Å². The predicted octanol–water partition coefficient (Wildman–Crippen LogP) is 5.69. The number of likely N-dealkylation sites (N-methyl/N-ethyl adjacent to an activating group) is 1. The summed E-state index contributed by atoms with van der Waals surface area (Å²) in [5, 5.41) is 0.680. The van der Waals surface area contributed by atoms with Crippen LogP contribution in [0.5, 0.6) is 0 Å². The molecule has 182 valence electrons. The van der Waals surface area contributed by atoms with E-state index in [-0.39, 0.29) is 17.6 Å². The lowest BCUT2D eigenvalue weighted by atomic mass is 9.93. The molecule has 0 aliphatic carbocycles. The molecule has 1 atom stereocenters. The molecule has 0 radical (unpaired) electrons. The van der Waals surface area contributed by atoms with Gasteiger partial charge < -0.3 is 14.7 Å². The van der Waals surface area contributed by atoms with Gasteiger partial charge in [-0.25, -0.2) is 4.39 Å². The molecule has 0 aromatic heterocycles. The molecule has 4 nitrogen and oxygen atoms in total. The van der Waals surface area contributed by atoms with Gasteiger partial charge in [0.25, 0.3) is 0 Å². The lowest BCUT2D eigenvalue weighted by Crippen LogP contribution is -2.44. The highest BCUT2D eigenvalue weighted by atomic mass is 35.5. The van der Waals surface area contributed by atoms with Gasteiger partial charge in [0.05, 0.1) is 5.92 Å². The van der Waals surface area contributed by atoms with Crippen LogP contribution in [-0.4, -0.2) is 59.9 Å². The van der Waals surface area contributed by atoms with Gasteiger partial charge in [0.2, 0.25) is 5.91 Å². The second-order valence-electron chi connectivity index (χ2n) is 9.65. The minimum Gasteiger partial charge on any atom is -0.372 e. The van der Waals surface area contributed by atoms with Crippen molar-refractivity contribution in [3.8, 4) is 0 Å². The van der Waals surface area contributed by atoms with Crippen LogP contribution in [0.1, 0.15) is 49.1 Å². The van der Waals surface area contributed by atoms with Crippen molar-refractivity contribution in [2.75, 3.05) is 33.2 Å². The van der Waals surface area contributed by atoms with Crippen molar-refractivity contribution < 1.29 is 9.18 Å². The van der Waals surface area contributed by atoms with E-state index in [2.05, 4.69) is 16.4 Å². The van der Waals surface area contributed by atoms with Crippen molar-refractivity contribution in [1.29, 1.82) is 0 Å². The van der Waals surface area contributed by atoms with E-state index in [9.17, 15) is 9.18 Å². The van der Waals surface area contributed by atoms with Crippen LogP contribution >= 0.6 is 11.6 Å². The van der Waals surface area contributed by atoms with Crippen molar-refractivity contribution in [1.82, 2.24) is 14.7 Å². The van der Waals surface area contributed by atoms with E-state index in [0.29, 0.717) is 17.6 Å². The number of piperidine rings is 1. The van der Waals surface area contributed by atoms with Crippen LogP contribution in [0.15, 0.2) is 60.8 Å². The minimum absolute atomic E-state index is 0.0600. The first-order valence-electron chi connectivity index (χ1n) is 12.3. The van der Waals surface area contributed by atoms with Crippen LogP contribution in [0.4, 0.5) is 4.39 Å². The Bertz CT molecular complexity index is 970. The lowest BCUT2D eigenvalue weighted by Gasteiger charge is -2.38. The average Bonchev–Trinajstić information content (AvgIpc) is 3.27. The summed E-state index contributed by atoms with van der Waals surface area (Å²) in [5.74, 6) is -0.520. The summed E-state index contributed by atoms with van der Waals surface area (Å²) in [6.45, 7) is 8.83. The molecular weight excluding hydrogens is 449 g/mol. The lowest BCUT2D eigenvalue weighted by molar-refractivity contribution is -0.132. The molecule has 0 saturated carbocycles. The van der Waals surface area contributed by atoms with Crippen molar-refractivity contribution in [3.05, 3.63) is 82.8 Å². The predicted molar refractivity (Wildman–Crippen MR) is 136 cm³/mol. The zero-order chi connectivity index (χ0) is 24.1. The molecule has 1 amide bonds. The van der Waals surface area contributed by atoms with Gasteiger partial charge in [0.15, 0.2) is 0 Å². The van der Waals surface area contributed by atoms with Crippen LogP contribution in [0.2, 0.25) is 5.02 Å². The minimum atomic E-state index is -0.297. The Morgan fingerprint density at radius 2 is 1.79 bits per heavy atom. The highest BCUT2D eigenvalue weighted by Crippen LogP contribution is 2.29. The number of hydrogen-bond acceptors (Lipinski definition) is 3. The summed E-state index contributed by atoms with van der Waals surface area (Å²) in [6.07, 6.45) is 5.36. The number of carbonyl (C=O) groups excluding carboxylic acids is 1. The Hall–Kier alpha value is -2.37. The SMILES string of the molecule is C=C1CCCN1C1CCN(CCC(C(=O)N(C)Cc2ccc(Cl)cc2)c2ccc(F)cc2)CC1. The molecule has 2 saturated heterocycles. The van der Waals surface area contributed by atoms with E-state index in [1.54, 1.807) is 17.0 Å². The molecule has 2 aromatic carbocycles. The molecule has 2 aliphatic heterocycles. The Morgan fingerprint density at radius 1 is 1.12 bits per heavy atom. The molecule has 1 unspecified atom stereocenters. The van der Waals surface area contributed by atoms with Gasteiger partial charge in [-0.05, 0) is 74.0 Å². The van der Waals surface area contributed by atoms with Crippen molar-refractivity contribution in [2.24, 2.45) is 0 Å². The van der Waals surface area contributed by atoms with Crippen molar-refractivity contribution in [2.45, 2.75) is 50.6 Å². The van der Waals surface area contributed by atoms with Gasteiger partial charge in [0, 0.05) is 50.0 Å². The van der Waals surface area contributed by atoms with E-state index in [4.69, 9.17) is 11.6 Å². The van der Waals surface area contributed by atoms with Gasteiger partial charge in [-0.1, -0.05) is 42.4 Å². The smallest absolute Gasteiger partial charge is 0.230 e. The third-order valence-electron chi connectivity index (χ3n) is 7.28. The fourth-order valence-corrected chi connectivity index (χ4v) is 5.42. The van der Waals surface area contributed by atoms with Crippen LogP contribution in [0.3, 0.4) is 0 Å². The Balaban J connectivity index is 1.38. The van der Waals surface area contributed by atoms with Crippen LogP contribution in [-0.2, 0) is 11.3 Å². The van der Waals surface area contributed by atoms with E-state index in [1.807, 2.05) is 31.3 Å². The van der Waals surface area contributed by atoms with Crippen molar-refractivity contribution in [3.63, 3.8) is 0 Å². The quantitative estimate of drug-likeness (QED) is 0.483. The topological polar surface area (TPSA) is 26.8 Å². The summed E-state index contributed by atoms with van der Waals surface area (Å²) in [6, 6.07) is 14.6. The molecule has 2 fully saturated rings. The second kappa shape index (κ2) is 11.4. The second-order valence-corrected chi connectivity index (χ2v) is 10.1. The summed E-state index contributed by atoms with van der Waals surface area (Å²) >= 11 is 6.00. The van der Waals surface area contributed by atoms with Crippen LogP contribution < -0.4 is 0 Å². The molecule has 34 heavy (non-hydrogen) atoms. The van der Waals surface area contributed by atoms with E-state index in [1.165, 1.54) is 24.3 Å². The normalized spacial score (nSPS) is 18.3. The van der Waals surface area contributed by atoms with Crippen LogP contribution in [0, 0.1) is 5.82 Å². The number of allylic oxidation sites excluding steroid dienone is 1. The fourth-order valence-electron chi connectivity index (χ4n) is 5.30. The number of benzene rings is 2. The average molecular weight is 484 g/mol. The van der Waals surface area contributed by atoms with E-state index in [0.717, 1.165) is 63.0 Å². The first-order valence-corrected chi connectivity index (χ1v) is 12.7. The van der Waals surface area contributed by atoms with Gasteiger partial charge in [-0.15, -0.1) is 0 Å². The maximum Gasteiger partial charge on any atom is 0.230 e. The monoisotopic (exact) mass is 483 g/mol. The summed E-state index contributed by atoms with van der Waals surface area (Å²) in [7, 11) is 1.84. The standard InChI is InChI=1S/C28H35ClFN3O/c1-21-4-3-16-33(21)26-13-17-32(18-14-26)19-15-27(23-7-11-25(30)12-8-23)28(34)31(2)20-22-5-9-24(29)10-6-22/h5-12,26-27H,1,3-4,13-20H2,2H3. The third kappa shape index (κ3) is 6.19. The Kier molecular flexibility index (Phi) is 8.28. The molecule has 0 bridgehead atoms. The zero-order valence-electron chi connectivity index (χ0n) is 20.1. The highest BCUT2D eigenvalue weighted by Gasteiger charge is 2.29. The number of carbonyl (C=O) groups is 1. The molecule has 6 heteroatoms. The summed E-state index contributed by atoms with van der Waals surface area (Å²) in [5.41, 5.74) is 3.20. The molecule has 2 aromatic rings. The third-order valence-corrected chi connectivity index (χ3v) is 7.53. The summed E-state index contributed by atoms with van der Waals surface area (Å²) in [4.78, 5) is 20.3. The molecule has 0 N–H and O–H groups in total. The molecule has 2 heterocycles. The first kappa shape index (κ1) is 24.7. The van der Waals surface area contributed by atoms with Gasteiger partial charge in [0.1, 0.15) is 5.82 Å². The Labute approximate surface area is 208 Å². The zero-order valence-corrected chi connectivity index (χ0v) is 20.8. The number of amides is 1. The van der Waals surface area contributed by atoms with Gasteiger partial charge in [-0.2, -0.15) is 0 Å². The Morgan fingerprint density at radius 3 is 2.41 bits per heavy atom. The number of nitrogens with zero attached hydrogens (tertiary/aromatic N) is 3.